The van der Waals surface area contributed by atoms with E-state index in [4.69, 9.17) is 15.3 Å². The summed E-state index contributed by atoms with van der Waals surface area (Å²) in [5.74, 6) is -0.870. The number of hydrogen-bond acceptors (Lipinski definition) is 3. The summed E-state index contributed by atoms with van der Waals surface area (Å²) < 4.78 is 4.98. The van der Waals surface area contributed by atoms with Crippen LogP contribution in [0.3, 0.4) is 0 Å². The molecule has 0 saturated heterocycles. The minimum Gasteiger partial charge on any atom is -0.481 e. The Morgan fingerprint density at radius 1 is 1.83 bits per heavy atom. The summed E-state index contributed by atoms with van der Waals surface area (Å²) in [7, 11) is 0. The molecule has 0 spiro atoms. The molecule has 0 bridgehead atoms. The van der Waals surface area contributed by atoms with Gasteiger partial charge in [0.15, 0.2) is 0 Å². The first-order valence-electron chi connectivity index (χ1n) is 3.63. The molecule has 12 heavy (non-hydrogen) atoms. The lowest BCUT2D eigenvalue weighted by Crippen LogP contribution is -2.20. The summed E-state index contributed by atoms with van der Waals surface area (Å²) in [6.07, 6.45) is 1.43. The molecule has 0 aromatic carbocycles. The standard InChI is InChI=1S/C8H11NO3/c1-5-2-6(4-12-5)7(3-9)8(10)11/h2,4,7H,3,9H2,1H3,(H,10,11). The average molecular weight is 169 g/mol. The number of carboxylic acids is 1. The Hall–Kier alpha value is -1.29. The van der Waals surface area contributed by atoms with Crippen LogP contribution in [0.1, 0.15) is 17.2 Å². The third-order valence-corrected chi connectivity index (χ3v) is 1.69. The number of aliphatic carboxylic acids is 1. The Balaban J connectivity index is 2.87. The van der Waals surface area contributed by atoms with E-state index >= 15 is 0 Å². The highest BCUT2D eigenvalue weighted by Crippen LogP contribution is 2.17. The maximum Gasteiger partial charge on any atom is 0.312 e. The van der Waals surface area contributed by atoms with Crippen molar-refractivity contribution in [2.75, 3.05) is 6.54 Å². The van der Waals surface area contributed by atoms with Crippen LogP contribution in [0.5, 0.6) is 0 Å². The van der Waals surface area contributed by atoms with Crippen molar-refractivity contribution in [2.24, 2.45) is 5.73 Å². The molecule has 0 amide bonds. The second kappa shape index (κ2) is 3.40. The molecule has 4 nitrogen and oxygen atoms in total. The molecule has 1 aromatic rings. The minimum absolute atomic E-state index is 0.0916. The van der Waals surface area contributed by atoms with Crippen LogP contribution in [0.4, 0.5) is 0 Å². The molecule has 0 radical (unpaired) electrons. The molecular formula is C8H11NO3. The summed E-state index contributed by atoms with van der Waals surface area (Å²) in [4.78, 5) is 10.6. The summed E-state index contributed by atoms with van der Waals surface area (Å²) >= 11 is 0. The van der Waals surface area contributed by atoms with Gasteiger partial charge in [0.05, 0.1) is 12.2 Å². The van der Waals surface area contributed by atoms with Gasteiger partial charge in [-0.2, -0.15) is 0 Å². The van der Waals surface area contributed by atoms with Crippen molar-refractivity contribution in [3.8, 4) is 0 Å². The van der Waals surface area contributed by atoms with Crippen LogP contribution in [0.2, 0.25) is 0 Å². The van der Waals surface area contributed by atoms with Gasteiger partial charge in [0.25, 0.3) is 0 Å². The van der Waals surface area contributed by atoms with Gasteiger partial charge in [-0.05, 0) is 13.0 Å². The SMILES string of the molecule is Cc1cc(C(CN)C(=O)O)co1. The van der Waals surface area contributed by atoms with Crippen LogP contribution in [-0.4, -0.2) is 17.6 Å². The number of furan rings is 1. The maximum absolute atomic E-state index is 10.6. The zero-order valence-electron chi connectivity index (χ0n) is 6.78. The number of carbonyl (C=O) groups is 1. The van der Waals surface area contributed by atoms with Crippen molar-refractivity contribution < 1.29 is 14.3 Å². The Bertz CT molecular complexity index is 280. The van der Waals surface area contributed by atoms with Gasteiger partial charge in [-0.15, -0.1) is 0 Å². The van der Waals surface area contributed by atoms with Crippen molar-refractivity contribution in [1.29, 1.82) is 0 Å². The normalized spacial score (nSPS) is 12.8. The van der Waals surface area contributed by atoms with Gasteiger partial charge in [-0.1, -0.05) is 0 Å². The van der Waals surface area contributed by atoms with E-state index in [1.807, 2.05) is 0 Å². The van der Waals surface area contributed by atoms with Crippen LogP contribution in [0.15, 0.2) is 16.7 Å². The van der Waals surface area contributed by atoms with Crippen LogP contribution < -0.4 is 5.73 Å². The molecule has 0 saturated carbocycles. The smallest absolute Gasteiger partial charge is 0.312 e. The number of nitrogens with two attached hydrogens (primary N) is 1. The predicted octanol–water partition coefficient (Wildman–Crippen LogP) is 0.715. The fraction of sp³-hybridized carbons (Fsp3) is 0.375. The average Bonchev–Trinajstić information content (AvgIpc) is 2.37. The maximum atomic E-state index is 10.6. The van der Waals surface area contributed by atoms with Gasteiger partial charge < -0.3 is 15.3 Å². The van der Waals surface area contributed by atoms with Crippen molar-refractivity contribution in [3.05, 3.63) is 23.7 Å². The van der Waals surface area contributed by atoms with E-state index in [0.29, 0.717) is 11.3 Å². The number of aryl methyl sites for hydroxylation is 1. The van der Waals surface area contributed by atoms with Crippen molar-refractivity contribution in [2.45, 2.75) is 12.8 Å². The topological polar surface area (TPSA) is 76.5 Å². The lowest BCUT2D eigenvalue weighted by molar-refractivity contribution is -0.138. The molecule has 1 heterocycles. The molecule has 0 aliphatic carbocycles. The zero-order valence-corrected chi connectivity index (χ0v) is 6.78. The van der Waals surface area contributed by atoms with Crippen LogP contribution >= 0.6 is 0 Å². The van der Waals surface area contributed by atoms with Crippen LogP contribution in [0.25, 0.3) is 0 Å². The summed E-state index contributed by atoms with van der Waals surface area (Å²) in [6, 6.07) is 1.69. The van der Waals surface area contributed by atoms with Crippen molar-refractivity contribution in [1.82, 2.24) is 0 Å². The monoisotopic (exact) mass is 169 g/mol. The molecular weight excluding hydrogens is 158 g/mol. The summed E-state index contributed by atoms with van der Waals surface area (Å²) in [5, 5.41) is 8.71. The number of hydrogen-bond donors (Lipinski definition) is 2. The molecule has 1 unspecified atom stereocenters. The highest BCUT2D eigenvalue weighted by molar-refractivity contribution is 5.76. The van der Waals surface area contributed by atoms with Crippen molar-refractivity contribution in [3.63, 3.8) is 0 Å². The Labute approximate surface area is 70.0 Å². The fourth-order valence-corrected chi connectivity index (χ4v) is 1.03. The van der Waals surface area contributed by atoms with Gasteiger partial charge >= 0.3 is 5.97 Å². The lowest BCUT2D eigenvalue weighted by atomic mass is 10.0. The Morgan fingerprint density at radius 3 is 2.83 bits per heavy atom. The lowest BCUT2D eigenvalue weighted by Gasteiger charge is -2.04. The van der Waals surface area contributed by atoms with Gasteiger partial charge in [0.2, 0.25) is 0 Å². The van der Waals surface area contributed by atoms with Crippen LogP contribution in [0, 0.1) is 6.92 Å². The molecule has 66 valence electrons. The van der Waals surface area contributed by atoms with E-state index in [0.717, 1.165) is 0 Å². The Kier molecular flexibility index (Phi) is 2.50. The van der Waals surface area contributed by atoms with E-state index in [1.165, 1.54) is 6.26 Å². The predicted molar refractivity (Wildman–Crippen MR) is 42.9 cm³/mol. The largest absolute Gasteiger partial charge is 0.481 e. The first-order chi connectivity index (χ1) is 5.65. The second-order valence-electron chi connectivity index (χ2n) is 2.62. The molecule has 4 heteroatoms. The zero-order chi connectivity index (χ0) is 9.14. The van der Waals surface area contributed by atoms with E-state index < -0.39 is 11.9 Å². The first-order valence-corrected chi connectivity index (χ1v) is 3.63. The Morgan fingerprint density at radius 2 is 2.50 bits per heavy atom. The highest BCUT2D eigenvalue weighted by atomic mass is 16.4. The molecule has 0 fully saturated rings. The van der Waals surface area contributed by atoms with E-state index in [1.54, 1.807) is 13.0 Å². The number of carboxylic acid groups (broad SMARTS) is 1. The minimum atomic E-state index is -0.918. The molecule has 1 aromatic heterocycles. The quantitative estimate of drug-likeness (QED) is 0.698. The van der Waals surface area contributed by atoms with Gasteiger partial charge in [0, 0.05) is 12.1 Å². The third kappa shape index (κ3) is 1.65. The van der Waals surface area contributed by atoms with E-state index in [9.17, 15) is 4.79 Å². The third-order valence-electron chi connectivity index (χ3n) is 1.69. The van der Waals surface area contributed by atoms with Crippen LogP contribution in [-0.2, 0) is 4.79 Å². The first kappa shape index (κ1) is 8.80. The molecule has 3 N–H and O–H groups in total. The molecule has 0 aliphatic heterocycles. The molecule has 0 aliphatic rings. The van der Waals surface area contributed by atoms with Crippen molar-refractivity contribution >= 4 is 5.97 Å². The van der Waals surface area contributed by atoms with Gasteiger partial charge in [-0.25, -0.2) is 0 Å². The van der Waals surface area contributed by atoms with E-state index in [2.05, 4.69) is 0 Å². The number of rotatable bonds is 3. The molecule has 1 atom stereocenters. The van der Waals surface area contributed by atoms with Gasteiger partial charge in [0.1, 0.15) is 5.76 Å². The van der Waals surface area contributed by atoms with E-state index in [-0.39, 0.29) is 6.54 Å². The highest BCUT2D eigenvalue weighted by Gasteiger charge is 2.19. The molecule has 1 rings (SSSR count). The van der Waals surface area contributed by atoms with Gasteiger partial charge in [-0.3, -0.25) is 4.79 Å². The summed E-state index contributed by atoms with van der Waals surface area (Å²) in [5.41, 5.74) is 5.92. The summed E-state index contributed by atoms with van der Waals surface area (Å²) in [6.45, 7) is 1.85. The fourth-order valence-electron chi connectivity index (χ4n) is 1.03. The second-order valence-corrected chi connectivity index (χ2v) is 2.62.